The SMILES string of the molecule is Cc1c(-c2cc(CC(C)(C)C)c3ccccc3[n+]2C)oc2ccccc12. The number of nitrogens with zero attached hydrogens (tertiary/aromatic N) is 1. The molecule has 0 aliphatic carbocycles. The number of fused-ring (bicyclic) bond motifs is 2. The van der Waals surface area contributed by atoms with Crippen LogP contribution in [0.1, 0.15) is 31.9 Å². The summed E-state index contributed by atoms with van der Waals surface area (Å²) in [6.07, 6.45) is 1.03. The van der Waals surface area contributed by atoms with E-state index >= 15 is 0 Å². The average Bonchev–Trinajstić information content (AvgIpc) is 2.93. The number of aryl methyl sites for hydroxylation is 2. The number of hydrogen-bond acceptors (Lipinski definition) is 1. The highest BCUT2D eigenvalue weighted by Crippen LogP contribution is 2.34. The van der Waals surface area contributed by atoms with Crippen LogP contribution in [0.25, 0.3) is 33.3 Å². The van der Waals surface area contributed by atoms with E-state index in [1.54, 1.807) is 0 Å². The van der Waals surface area contributed by atoms with Crippen LogP contribution in [0, 0.1) is 12.3 Å². The van der Waals surface area contributed by atoms with Crippen LogP contribution in [0.4, 0.5) is 0 Å². The molecule has 0 radical (unpaired) electrons. The van der Waals surface area contributed by atoms with Gasteiger partial charge in [0.05, 0.1) is 0 Å². The second-order valence-corrected chi connectivity index (χ2v) is 8.42. The van der Waals surface area contributed by atoms with Crippen molar-refractivity contribution in [3.63, 3.8) is 0 Å². The summed E-state index contributed by atoms with van der Waals surface area (Å²) < 4.78 is 8.54. The van der Waals surface area contributed by atoms with Gasteiger partial charge in [-0.1, -0.05) is 51.1 Å². The summed E-state index contributed by atoms with van der Waals surface area (Å²) in [5, 5.41) is 2.51. The minimum Gasteiger partial charge on any atom is -0.449 e. The number of pyridine rings is 1. The Bertz CT molecular complexity index is 1110. The highest BCUT2D eigenvalue weighted by atomic mass is 16.3. The van der Waals surface area contributed by atoms with E-state index in [2.05, 4.69) is 81.8 Å². The van der Waals surface area contributed by atoms with Crippen molar-refractivity contribution in [1.29, 1.82) is 0 Å². The summed E-state index contributed by atoms with van der Waals surface area (Å²) in [6, 6.07) is 19.3. The van der Waals surface area contributed by atoms with Crippen LogP contribution in [0.3, 0.4) is 0 Å². The molecule has 2 aromatic carbocycles. The lowest BCUT2D eigenvalue weighted by Gasteiger charge is -2.19. The van der Waals surface area contributed by atoms with Crippen LogP contribution >= 0.6 is 0 Å². The van der Waals surface area contributed by atoms with Gasteiger partial charge in [-0.2, -0.15) is 4.57 Å². The highest BCUT2D eigenvalue weighted by molar-refractivity contribution is 5.88. The second kappa shape index (κ2) is 5.98. The highest BCUT2D eigenvalue weighted by Gasteiger charge is 2.25. The van der Waals surface area contributed by atoms with Gasteiger partial charge in [-0.15, -0.1) is 0 Å². The van der Waals surface area contributed by atoms with Crippen LogP contribution in [-0.4, -0.2) is 0 Å². The Morgan fingerprint density at radius 3 is 2.27 bits per heavy atom. The van der Waals surface area contributed by atoms with Crippen molar-refractivity contribution in [3.05, 3.63) is 65.7 Å². The molecule has 26 heavy (non-hydrogen) atoms. The Balaban J connectivity index is 2.03. The van der Waals surface area contributed by atoms with Crippen LogP contribution in [0.2, 0.25) is 0 Å². The first-order chi connectivity index (χ1) is 12.3. The predicted molar refractivity (Wildman–Crippen MR) is 108 cm³/mol. The summed E-state index contributed by atoms with van der Waals surface area (Å²) in [4.78, 5) is 0. The van der Waals surface area contributed by atoms with Gasteiger partial charge < -0.3 is 4.42 Å². The van der Waals surface area contributed by atoms with Gasteiger partial charge in [0.2, 0.25) is 17.0 Å². The molecule has 0 saturated carbocycles. The zero-order valence-corrected chi connectivity index (χ0v) is 16.3. The van der Waals surface area contributed by atoms with Crippen molar-refractivity contribution in [2.24, 2.45) is 12.5 Å². The Labute approximate surface area is 155 Å². The maximum absolute atomic E-state index is 6.28. The summed E-state index contributed by atoms with van der Waals surface area (Å²) in [6.45, 7) is 9.03. The summed E-state index contributed by atoms with van der Waals surface area (Å²) in [7, 11) is 2.13. The molecule has 2 aromatic heterocycles. The fourth-order valence-electron chi connectivity index (χ4n) is 3.86. The third-order valence-electron chi connectivity index (χ3n) is 5.08. The molecule has 0 atom stereocenters. The lowest BCUT2D eigenvalue weighted by atomic mass is 9.86. The Hall–Kier alpha value is -2.61. The van der Waals surface area contributed by atoms with E-state index in [-0.39, 0.29) is 5.41 Å². The van der Waals surface area contributed by atoms with E-state index in [0.717, 1.165) is 23.5 Å². The van der Waals surface area contributed by atoms with E-state index in [1.165, 1.54) is 27.4 Å². The molecular weight excluding hydrogens is 318 g/mol. The molecule has 4 rings (SSSR count). The maximum atomic E-state index is 6.28. The Kier molecular flexibility index (Phi) is 3.87. The second-order valence-electron chi connectivity index (χ2n) is 8.42. The largest absolute Gasteiger partial charge is 0.449 e. The van der Waals surface area contributed by atoms with E-state index in [9.17, 15) is 0 Å². The third-order valence-corrected chi connectivity index (χ3v) is 5.08. The van der Waals surface area contributed by atoms with Crippen LogP contribution in [0.15, 0.2) is 59.0 Å². The summed E-state index contributed by atoms with van der Waals surface area (Å²) in [5.74, 6) is 0.967. The molecule has 0 bridgehead atoms. The number of aromatic nitrogens is 1. The van der Waals surface area contributed by atoms with E-state index < -0.39 is 0 Å². The molecule has 0 aliphatic heterocycles. The van der Waals surface area contributed by atoms with Crippen molar-refractivity contribution in [1.82, 2.24) is 0 Å². The molecule has 0 unspecified atom stereocenters. The molecule has 0 fully saturated rings. The molecule has 0 N–H and O–H groups in total. The summed E-state index contributed by atoms with van der Waals surface area (Å²) in [5.41, 5.74) is 6.13. The monoisotopic (exact) mass is 344 g/mol. The lowest BCUT2D eigenvalue weighted by molar-refractivity contribution is -0.634. The Morgan fingerprint density at radius 1 is 0.923 bits per heavy atom. The van der Waals surface area contributed by atoms with Crippen LogP contribution in [-0.2, 0) is 13.5 Å². The van der Waals surface area contributed by atoms with Crippen molar-refractivity contribution in [2.45, 2.75) is 34.1 Å². The number of benzene rings is 2. The molecule has 2 heteroatoms. The first-order valence-electron chi connectivity index (χ1n) is 9.24. The van der Waals surface area contributed by atoms with E-state index in [0.29, 0.717) is 0 Å². The molecule has 0 saturated heterocycles. The number of furan rings is 1. The van der Waals surface area contributed by atoms with Gasteiger partial charge in [0.25, 0.3) is 0 Å². The van der Waals surface area contributed by atoms with Crippen molar-refractivity contribution >= 4 is 21.9 Å². The first-order valence-corrected chi connectivity index (χ1v) is 9.24. The topological polar surface area (TPSA) is 17.0 Å². The summed E-state index contributed by atoms with van der Waals surface area (Å²) >= 11 is 0. The number of para-hydroxylation sites is 2. The number of rotatable bonds is 2. The van der Waals surface area contributed by atoms with Gasteiger partial charge >= 0.3 is 0 Å². The van der Waals surface area contributed by atoms with Crippen LogP contribution < -0.4 is 4.57 Å². The molecule has 2 nitrogen and oxygen atoms in total. The minimum absolute atomic E-state index is 0.225. The van der Waals surface area contributed by atoms with E-state index in [1.807, 2.05) is 12.1 Å². The molecule has 132 valence electrons. The third kappa shape index (κ3) is 2.80. The van der Waals surface area contributed by atoms with Crippen molar-refractivity contribution in [2.75, 3.05) is 0 Å². The smallest absolute Gasteiger partial charge is 0.249 e. The molecule has 2 heterocycles. The van der Waals surface area contributed by atoms with Crippen LogP contribution in [0.5, 0.6) is 0 Å². The van der Waals surface area contributed by atoms with Gasteiger partial charge in [-0.3, -0.25) is 0 Å². The van der Waals surface area contributed by atoms with Crippen molar-refractivity contribution < 1.29 is 8.98 Å². The zero-order chi connectivity index (χ0) is 18.5. The minimum atomic E-state index is 0.225. The van der Waals surface area contributed by atoms with Crippen molar-refractivity contribution in [3.8, 4) is 11.5 Å². The average molecular weight is 344 g/mol. The molecular formula is C24H26NO+. The quantitative estimate of drug-likeness (QED) is 0.409. The maximum Gasteiger partial charge on any atom is 0.249 e. The molecule has 0 spiro atoms. The molecule has 4 aromatic rings. The van der Waals surface area contributed by atoms with Gasteiger partial charge in [0.15, 0.2) is 0 Å². The fraction of sp³-hybridized carbons (Fsp3) is 0.292. The van der Waals surface area contributed by atoms with Gasteiger partial charge in [0.1, 0.15) is 12.6 Å². The zero-order valence-electron chi connectivity index (χ0n) is 16.3. The molecule has 0 aliphatic rings. The number of hydrogen-bond donors (Lipinski definition) is 0. The normalized spacial score (nSPS) is 12.2. The van der Waals surface area contributed by atoms with E-state index in [4.69, 9.17) is 4.42 Å². The Morgan fingerprint density at radius 2 is 1.58 bits per heavy atom. The first kappa shape index (κ1) is 16.8. The van der Waals surface area contributed by atoms with Gasteiger partial charge in [-0.25, -0.2) is 0 Å². The standard InChI is InChI=1S/C24H26NO/c1-16-18-10-7-9-13-22(18)26-23(16)21-14-17(15-24(2,3)4)19-11-6-8-12-20(19)25(21)5/h6-14H,15H2,1-5H3/q+1. The molecule has 0 amide bonds. The van der Waals surface area contributed by atoms with Gasteiger partial charge in [0, 0.05) is 28.5 Å². The lowest BCUT2D eigenvalue weighted by Crippen LogP contribution is -2.33. The predicted octanol–water partition coefficient (Wildman–Crippen LogP) is 5.97. The van der Waals surface area contributed by atoms with Gasteiger partial charge in [-0.05, 0) is 36.5 Å². The fourth-order valence-corrected chi connectivity index (χ4v) is 3.86.